The third-order valence-electron chi connectivity index (χ3n) is 3.85. The van der Waals surface area contributed by atoms with Crippen molar-refractivity contribution in [3.05, 3.63) is 24.2 Å². The lowest BCUT2D eigenvalue weighted by Gasteiger charge is -2.24. The van der Waals surface area contributed by atoms with E-state index in [0.29, 0.717) is 13.2 Å². The molecule has 0 aliphatic carbocycles. The van der Waals surface area contributed by atoms with Gasteiger partial charge in [-0.25, -0.2) is 8.42 Å². The highest BCUT2D eigenvalue weighted by Gasteiger charge is 2.38. The SMILES string of the molecule is O=S(=O)(C[C@@H]1CCCO1)N1CCC[C@H]1c1ccco1. The second-order valence-electron chi connectivity index (χ2n) is 5.20. The van der Waals surface area contributed by atoms with E-state index in [9.17, 15) is 8.42 Å². The molecule has 1 aromatic rings. The van der Waals surface area contributed by atoms with Crippen molar-refractivity contribution < 1.29 is 17.6 Å². The Hall–Kier alpha value is -0.850. The van der Waals surface area contributed by atoms with E-state index in [1.807, 2.05) is 6.07 Å². The van der Waals surface area contributed by atoms with Crippen LogP contribution in [0.2, 0.25) is 0 Å². The van der Waals surface area contributed by atoms with Crippen molar-refractivity contribution in [2.75, 3.05) is 18.9 Å². The van der Waals surface area contributed by atoms with Gasteiger partial charge in [-0.1, -0.05) is 0 Å². The Balaban J connectivity index is 1.75. The second kappa shape index (κ2) is 5.26. The van der Waals surface area contributed by atoms with E-state index in [1.54, 1.807) is 16.6 Å². The van der Waals surface area contributed by atoms with Gasteiger partial charge >= 0.3 is 0 Å². The van der Waals surface area contributed by atoms with Crippen LogP contribution in [-0.2, 0) is 14.8 Å². The molecule has 0 unspecified atom stereocenters. The van der Waals surface area contributed by atoms with Crippen LogP contribution in [-0.4, -0.2) is 37.7 Å². The Bertz CT molecular complexity index is 505. The Labute approximate surface area is 113 Å². The van der Waals surface area contributed by atoms with Gasteiger partial charge in [0.1, 0.15) is 5.76 Å². The number of rotatable bonds is 4. The van der Waals surface area contributed by atoms with Crippen molar-refractivity contribution in [1.82, 2.24) is 4.31 Å². The van der Waals surface area contributed by atoms with Gasteiger partial charge in [-0.05, 0) is 37.8 Å². The molecule has 5 nitrogen and oxygen atoms in total. The molecule has 106 valence electrons. The first-order valence-corrected chi connectivity index (χ1v) is 8.42. The summed E-state index contributed by atoms with van der Waals surface area (Å²) in [7, 11) is -3.27. The van der Waals surface area contributed by atoms with E-state index >= 15 is 0 Å². The van der Waals surface area contributed by atoms with Gasteiger partial charge in [-0.15, -0.1) is 0 Å². The Morgan fingerprint density at radius 2 is 2.21 bits per heavy atom. The van der Waals surface area contributed by atoms with Crippen molar-refractivity contribution >= 4 is 10.0 Å². The normalized spacial score (nSPS) is 29.1. The number of hydrogen-bond donors (Lipinski definition) is 0. The number of sulfonamides is 1. The zero-order valence-corrected chi connectivity index (χ0v) is 11.6. The first-order valence-electron chi connectivity index (χ1n) is 6.81. The maximum atomic E-state index is 12.5. The summed E-state index contributed by atoms with van der Waals surface area (Å²) < 4.78 is 37.4. The zero-order chi connectivity index (χ0) is 13.3. The van der Waals surface area contributed by atoms with Crippen LogP contribution < -0.4 is 0 Å². The Kier molecular flexibility index (Phi) is 3.64. The lowest BCUT2D eigenvalue weighted by molar-refractivity contribution is 0.126. The summed E-state index contributed by atoms with van der Waals surface area (Å²) in [4.78, 5) is 0. The molecule has 2 saturated heterocycles. The van der Waals surface area contributed by atoms with Gasteiger partial charge in [0.25, 0.3) is 0 Å². The van der Waals surface area contributed by atoms with Gasteiger partial charge < -0.3 is 9.15 Å². The largest absolute Gasteiger partial charge is 0.468 e. The zero-order valence-electron chi connectivity index (χ0n) is 10.8. The standard InChI is InChI=1S/C13H19NO4S/c15-19(16,10-11-4-2-8-17-11)14-7-1-5-12(14)13-6-3-9-18-13/h3,6,9,11-12H,1-2,4-5,7-8,10H2/t11-,12-/m0/s1. The molecular formula is C13H19NO4S. The van der Waals surface area contributed by atoms with Crippen LogP contribution in [0.1, 0.15) is 37.5 Å². The molecule has 2 atom stereocenters. The van der Waals surface area contributed by atoms with Crippen molar-refractivity contribution in [3.63, 3.8) is 0 Å². The van der Waals surface area contributed by atoms with Gasteiger partial charge in [0.15, 0.2) is 0 Å². The Morgan fingerprint density at radius 1 is 1.32 bits per heavy atom. The summed E-state index contributed by atoms with van der Waals surface area (Å²) in [5.74, 6) is 0.845. The van der Waals surface area contributed by atoms with E-state index in [-0.39, 0.29) is 17.9 Å². The molecule has 2 fully saturated rings. The summed E-state index contributed by atoms with van der Waals surface area (Å²) in [6, 6.07) is 3.52. The highest BCUT2D eigenvalue weighted by Crippen LogP contribution is 2.35. The van der Waals surface area contributed by atoms with Crippen LogP contribution in [0, 0.1) is 0 Å². The van der Waals surface area contributed by atoms with Crippen LogP contribution >= 0.6 is 0 Å². The fourth-order valence-electron chi connectivity index (χ4n) is 2.94. The average Bonchev–Trinajstić information content (AvgIpc) is 3.11. The van der Waals surface area contributed by atoms with E-state index in [2.05, 4.69) is 0 Å². The number of hydrogen-bond acceptors (Lipinski definition) is 4. The molecule has 0 amide bonds. The summed E-state index contributed by atoms with van der Waals surface area (Å²) in [6.07, 6.45) is 4.98. The molecule has 0 radical (unpaired) electrons. The van der Waals surface area contributed by atoms with Crippen LogP contribution in [0.15, 0.2) is 22.8 Å². The third kappa shape index (κ3) is 2.70. The highest BCUT2D eigenvalue weighted by atomic mass is 32.2. The lowest BCUT2D eigenvalue weighted by Crippen LogP contribution is -2.36. The van der Waals surface area contributed by atoms with Crippen LogP contribution in [0.5, 0.6) is 0 Å². The first-order chi connectivity index (χ1) is 9.17. The van der Waals surface area contributed by atoms with E-state index in [4.69, 9.17) is 9.15 Å². The van der Waals surface area contributed by atoms with E-state index in [1.165, 1.54) is 0 Å². The molecule has 19 heavy (non-hydrogen) atoms. The van der Waals surface area contributed by atoms with Crippen molar-refractivity contribution in [3.8, 4) is 0 Å². The average molecular weight is 285 g/mol. The fraction of sp³-hybridized carbons (Fsp3) is 0.692. The minimum atomic E-state index is -3.27. The number of ether oxygens (including phenoxy) is 1. The van der Waals surface area contributed by atoms with Gasteiger partial charge in [-0.3, -0.25) is 0 Å². The van der Waals surface area contributed by atoms with Gasteiger partial charge in [-0.2, -0.15) is 4.31 Å². The second-order valence-corrected chi connectivity index (χ2v) is 7.16. The van der Waals surface area contributed by atoms with Gasteiger partial charge in [0, 0.05) is 13.2 Å². The monoisotopic (exact) mass is 285 g/mol. The molecule has 0 aromatic carbocycles. The summed E-state index contributed by atoms with van der Waals surface area (Å²) in [5, 5.41) is 0. The molecule has 6 heteroatoms. The predicted molar refractivity (Wildman–Crippen MR) is 70.1 cm³/mol. The number of furan rings is 1. The summed E-state index contributed by atoms with van der Waals surface area (Å²) >= 11 is 0. The van der Waals surface area contributed by atoms with Crippen LogP contribution in [0.3, 0.4) is 0 Å². The molecule has 0 spiro atoms. The molecular weight excluding hydrogens is 266 g/mol. The fourth-order valence-corrected chi connectivity index (χ4v) is 4.87. The Morgan fingerprint density at radius 3 is 2.89 bits per heavy atom. The third-order valence-corrected chi connectivity index (χ3v) is 5.80. The van der Waals surface area contributed by atoms with Crippen LogP contribution in [0.4, 0.5) is 0 Å². The quantitative estimate of drug-likeness (QED) is 0.848. The van der Waals surface area contributed by atoms with Crippen molar-refractivity contribution in [1.29, 1.82) is 0 Å². The van der Waals surface area contributed by atoms with E-state index in [0.717, 1.165) is 31.4 Å². The van der Waals surface area contributed by atoms with Gasteiger partial charge in [0.05, 0.1) is 24.2 Å². The molecule has 3 rings (SSSR count). The molecule has 2 aliphatic heterocycles. The smallest absolute Gasteiger partial charge is 0.217 e. The molecule has 0 N–H and O–H groups in total. The highest BCUT2D eigenvalue weighted by molar-refractivity contribution is 7.89. The molecule has 0 saturated carbocycles. The maximum Gasteiger partial charge on any atom is 0.217 e. The molecule has 1 aromatic heterocycles. The summed E-state index contributed by atoms with van der Waals surface area (Å²) in [5.41, 5.74) is 0. The minimum absolute atomic E-state index is 0.101. The summed E-state index contributed by atoms with van der Waals surface area (Å²) in [6.45, 7) is 1.27. The van der Waals surface area contributed by atoms with E-state index < -0.39 is 10.0 Å². The maximum absolute atomic E-state index is 12.5. The minimum Gasteiger partial charge on any atom is -0.468 e. The van der Waals surface area contributed by atoms with Crippen LogP contribution in [0.25, 0.3) is 0 Å². The van der Waals surface area contributed by atoms with Crippen molar-refractivity contribution in [2.24, 2.45) is 0 Å². The predicted octanol–water partition coefficient (Wildman–Crippen LogP) is 1.93. The number of nitrogens with zero attached hydrogens (tertiary/aromatic N) is 1. The molecule has 3 heterocycles. The van der Waals surface area contributed by atoms with Gasteiger partial charge in [0.2, 0.25) is 10.0 Å². The molecule has 0 bridgehead atoms. The topological polar surface area (TPSA) is 59.8 Å². The van der Waals surface area contributed by atoms with Crippen molar-refractivity contribution in [2.45, 2.75) is 37.8 Å². The molecule has 2 aliphatic rings. The lowest BCUT2D eigenvalue weighted by atomic mass is 10.2. The first kappa shape index (κ1) is 13.1.